The molecule has 0 aromatic heterocycles. The van der Waals surface area contributed by atoms with Crippen molar-refractivity contribution in [2.75, 3.05) is 6.61 Å². The van der Waals surface area contributed by atoms with Crippen molar-refractivity contribution in [3.05, 3.63) is 65.5 Å². The molecule has 2 aromatic rings. The molecule has 2 heterocycles. The normalized spacial score (nSPS) is 29.3. The molecule has 8 heteroatoms. The van der Waals surface area contributed by atoms with E-state index in [4.69, 9.17) is 19.6 Å². The van der Waals surface area contributed by atoms with Crippen molar-refractivity contribution in [1.29, 1.82) is 21.2 Å². The van der Waals surface area contributed by atoms with Crippen LogP contribution in [0.2, 0.25) is 0 Å². The van der Waals surface area contributed by atoms with Crippen LogP contribution >= 0.6 is 0 Å². The molecule has 4 atom stereocenters. The Morgan fingerprint density at radius 3 is 2.21 bits per heavy atom. The molecular weight excluding hydrogens is 423 g/mol. The lowest BCUT2D eigenvalue weighted by atomic mass is 9.53. The number of hydrogen-bond acceptors (Lipinski definition) is 7. The van der Waals surface area contributed by atoms with Crippen molar-refractivity contribution < 1.29 is 18.6 Å². The summed E-state index contributed by atoms with van der Waals surface area (Å²) in [7, 11) is 0. The number of nitrogens with zero attached hydrogens (tertiary/aromatic N) is 3. The van der Waals surface area contributed by atoms with Gasteiger partial charge < -0.3 is 14.2 Å². The van der Waals surface area contributed by atoms with E-state index in [2.05, 4.69) is 6.07 Å². The zero-order valence-electron chi connectivity index (χ0n) is 18.1. The fourth-order valence-electron chi connectivity index (χ4n) is 4.81. The fourth-order valence-corrected chi connectivity index (χ4v) is 4.81. The first-order valence-corrected chi connectivity index (χ1v) is 10.5. The summed E-state index contributed by atoms with van der Waals surface area (Å²) in [6.45, 7) is 4.13. The number of fused-ring (bicyclic) bond motifs is 2. The predicted octanol–water partition coefficient (Wildman–Crippen LogP) is 4.73. The Labute approximate surface area is 191 Å². The minimum Gasteiger partial charge on any atom is -0.494 e. The highest BCUT2D eigenvalue weighted by Crippen LogP contribution is 2.68. The molecule has 1 N–H and O–H groups in total. The molecule has 0 aliphatic carbocycles. The van der Waals surface area contributed by atoms with E-state index in [9.17, 15) is 20.2 Å². The third-order valence-electron chi connectivity index (χ3n) is 6.57. The third-order valence-corrected chi connectivity index (χ3v) is 6.57. The van der Waals surface area contributed by atoms with Gasteiger partial charge in [0.15, 0.2) is 5.41 Å². The van der Waals surface area contributed by atoms with Gasteiger partial charge in [0.05, 0.1) is 30.7 Å². The zero-order valence-corrected chi connectivity index (χ0v) is 18.1. The lowest BCUT2D eigenvalue weighted by Crippen LogP contribution is -2.57. The van der Waals surface area contributed by atoms with Gasteiger partial charge >= 0.3 is 0 Å². The van der Waals surface area contributed by atoms with Crippen LogP contribution in [0.3, 0.4) is 0 Å². The number of benzene rings is 2. The van der Waals surface area contributed by atoms with Gasteiger partial charge in [0, 0.05) is 5.56 Å². The second kappa shape index (κ2) is 7.89. The van der Waals surface area contributed by atoms with E-state index >= 15 is 0 Å². The Bertz CT molecular complexity index is 1190. The fraction of sp³-hybridized carbons (Fsp3) is 0.360. The number of nitrogens with one attached hydrogen (secondary N) is 1. The summed E-state index contributed by atoms with van der Waals surface area (Å²) in [5.74, 6) is -2.94. The zero-order chi connectivity index (χ0) is 23.9. The highest BCUT2D eigenvalue weighted by molar-refractivity contribution is 5.89. The Morgan fingerprint density at radius 2 is 1.67 bits per heavy atom. The Kier molecular flexibility index (Phi) is 5.32. The maximum Gasteiger partial charge on any atom is 0.244 e. The number of nitriles is 3. The van der Waals surface area contributed by atoms with Crippen molar-refractivity contribution in [3.63, 3.8) is 0 Å². The highest BCUT2D eigenvalue weighted by Gasteiger charge is 2.79. The van der Waals surface area contributed by atoms with Gasteiger partial charge in [-0.3, -0.25) is 5.41 Å². The van der Waals surface area contributed by atoms with Crippen LogP contribution in [0.1, 0.15) is 37.5 Å². The van der Waals surface area contributed by atoms with Crippen LogP contribution in [-0.4, -0.2) is 12.5 Å². The Hall–Kier alpha value is -3.93. The summed E-state index contributed by atoms with van der Waals surface area (Å²) < 4.78 is 31.5. The van der Waals surface area contributed by atoms with E-state index in [0.29, 0.717) is 23.5 Å². The van der Waals surface area contributed by atoms with Gasteiger partial charge in [-0.1, -0.05) is 26.0 Å². The van der Waals surface area contributed by atoms with Gasteiger partial charge in [0.25, 0.3) is 0 Å². The minimum atomic E-state index is -2.07. The summed E-state index contributed by atoms with van der Waals surface area (Å²) in [6.07, 6.45) is -0.390. The molecule has 0 amide bonds. The first-order chi connectivity index (χ1) is 15.8. The molecule has 0 saturated carbocycles. The minimum absolute atomic E-state index is 0.385. The van der Waals surface area contributed by atoms with E-state index in [-0.39, 0.29) is 0 Å². The summed E-state index contributed by atoms with van der Waals surface area (Å²) >= 11 is 0. The number of ether oxygens (including phenoxy) is 3. The SMILES string of the molecule is CCCOc1ccc(C2OC3(c4ccc(F)cc4)OC(=N)C(C#N)(C3C)C2(C#N)C#N)cc1. The van der Waals surface area contributed by atoms with E-state index in [1.807, 2.05) is 19.1 Å². The molecule has 33 heavy (non-hydrogen) atoms. The van der Waals surface area contributed by atoms with E-state index in [0.717, 1.165) is 6.42 Å². The van der Waals surface area contributed by atoms with Crippen molar-refractivity contribution in [2.45, 2.75) is 32.2 Å². The molecule has 166 valence electrons. The van der Waals surface area contributed by atoms with Crippen molar-refractivity contribution in [3.8, 4) is 24.0 Å². The molecule has 2 saturated heterocycles. The highest BCUT2D eigenvalue weighted by atomic mass is 19.1. The van der Waals surface area contributed by atoms with Gasteiger partial charge in [0.2, 0.25) is 17.1 Å². The van der Waals surface area contributed by atoms with Crippen LogP contribution in [0.25, 0.3) is 0 Å². The lowest BCUT2D eigenvalue weighted by Gasteiger charge is -2.48. The van der Waals surface area contributed by atoms with E-state index in [1.54, 1.807) is 31.2 Å². The van der Waals surface area contributed by atoms with Crippen molar-refractivity contribution in [1.82, 2.24) is 0 Å². The summed E-state index contributed by atoms with van der Waals surface area (Å²) in [5, 5.41) is 39.4. The van der Waals surface area contributed by atoms with Crippen LogP contribution in [0.5, 0.6) is 5.75 Å². The topological polar surface area (TPSA) is 123 Å². The monoisotopic (exact) mass is 444 g/mol. The molecule has 2 bridgehead atoms. The van der Waals surface area contributed by atoms with Gasteiger partial charge in [-0.15, -0.1) is 0 Å². The molecule has 4 rings (SSSR count). The van der Waals surface area contributed by atoms with Gasteiger partial charge in [-0.25, -0.2) is 4.39 Å². The van der Waals surface area contributed by atoms with Crippen molar-refractivity contribution >= 4 is 5.90 Å². The molecule has 0 spiro atoms. The first-order valence-electron chi connectivity index (χ1n) is 10.5. The predicted molar refractivity (Wildman–Crippen MR) is 114 cm³/mol. The Balaban J connectivity index is 1.92. The standard InChI is InChI=1S/C25H21FN4O3/c1-3-12-31-20-10-4-17(5-11-20)21-23(13-27,14-28)24(15-29)16(2)25(32-21,33-22(24)30)18-6-8-19(26)9-7-18/h4-11,16,21,30H,3,12H2,1-2H3. The second-order valence-corrected chi connectivity index (χ2v) is 8.19. The lowest BCUT2D eigenvalue weighted by molar-refractivity contribution is -0.288. The summed E-state index contributed by atoms with van der Waals surface area (Å²) in [6, 6.07) is 18.2. The van der Waals surface area contributed by atoms with E-state index in [1.165, 1.54) is 24.3 Å². The van der Waals surface area contributed by atoms with Crippen molar-refractivity contribution in [2.24, 2.45) is 16.7 Å². The largest absolute Gasteiger partial charge is 0.494 e. The summed E-state index contributed by atoms with van der Waals surface area (Å²) in [4.78, 5) is 0. The summed E-state index contributed by atoms with van der Waals surface area (Å²) in [5.41, 5.74) is -3.14. The van der Waals surface area contributed by atoms with Crippen LogP contribution in [0, 0.1) is 62.0 Å². The molecule has 0 radical (unpaired) electrons. The molecular formula is C25H21FN4O3. The van der Waals surface area contributed by atoms with Gasteiger partial charge in [-0.05, 0) is 48.4 Å². The average Bonchev–Trinajstić information content (AvgIpc) is 3.00. The maximum absolute atomic E-state index is 13.6. The number of hydrogen-bond donors (Lipinski definition) is 1. The molecule has 2 fully saturated rings. The van der Waals surface area contributed by atoms with Crippen LogP contribution in [0.4, 0.5) is 4.39 Å². The van der Waals surface area contributed by atoms with Crippen LogP contribution in [0.15, 0.2) is 48.5 Å². The van der Waals surface area contributed by atoms with Crippen LogP contribution in [-0.2, 0) is 15.3 Å². The van der Waals surface area contributed by atoms with Gasteiger partial charge in [0.1, 0.15) is 17.7 Å². The number of rotatable bonds is 5. The van der Waals surface area contributed by atoms with Gasteiger partial charge in [-0.2, -0.15) is 15.8 Å². The Morgan fingerprint density at radius 1 is 1.03 bits per heavy atom. The molecule has 4 unspecified atom stereocenters. The quantitative estimate of drug-likeness (QED) is 0.711. The molecule has 2 aliphatic heterocycles. The first kappa shape index (κ1) is 22.3. The molecule has 2 aliphatic rings. The average molecular weight is 444 g/mol. The second-order valence-electron chi connectivity index (χ2n) is 8.19. The smallest absolute Gasteiger partial charge is 0.244 e. The molecule has 2 aromatic carbocycles. The third kappa shape index (κ3) is 2.83. The van der Waals surface area contributed by atoms with Crippen LogP contribution < -0.4 is 4.74 Å². The van der Waals surface area contributed by atoms with E-state index < -0.39 is 40.4 Å². The number of halogens is 1. The maximum atomic E-state index is 13.6. The molecule has 7 nitrogen and oxygen atoms in total.